The summed E-state index contributed by atoms with van der Waals surface area (Å²) >= 11 is 0. The monoisotopic (exact) mass is 615 g/mol. The number of aliphatic carboxylic acids is 1. The highest BCUT2D eigenvalue weighted by Crippen LogP contribution is 2.30. The zero-order chi connectivity index (χ0) is 31.2. The van der Waals surface area contributed by atoms with Crippen LogP contribution in [0.2, 0.25) is 0 Å². The molecule has 17 heteroatoms. The van der Waals surface area contributed by atoms with Crippen molar-refractivity contribution < 1.29 is 41.2 Å². The number of nitrogens with two attached hydrogens (primary N) is 1. The Morgan fingerprint density at radius 2 is 1.86 bits per heavy atom. The standard InChI is InChI=1S/C23H27N5O6S.C2HF3O2/c1-34-17-12-21-18(25-13-17)10-11-23(29)27(21)14-19(15-6-8-16(24)9-7-15)26-35(32,33)22-5-3-2-4-20(22)28(30)31;3-2(4,5)1(6)7/h2-5,10-13,15-16,19,26H,6-9,14,24H2,1H3;(H,6,7)/t15-,16-,19?;. The van der Waals surface area contributed by atoms with E-state index in [4.69, 9.17) is 20.4 Å². The molecule has 0 spiro atoms. The number of nitrogens with zero attached hydrogens (tertiary/aromatic N) is 3. The molecule has 0 bridgehead atoms. The molecule has 3 aromatic rings. The van der Waals surface area contributed by atoms with Crippen molar-refractivity contribution in [2.75, 3.05) is 7.11 Å². The van der Waals surface area contributed by atoms with Crippen molar-refractivity contribution in [2.45, 2.75) is 55.4 Å². The van der Waals surface area contributed by atoms with E-state index >= 15 is 0 Å². The van der Waals surface area contributed by atoms with E-state index < -0.39 is 43.7 Å². The van der Waals surface area contributed by atoms with Crippen LogP contribution in [0.3, 0.4) is 0 Å². The minimum atomic E-state index is -5.08. The second-order valence-electron chi connectivity index (χ2n) is 9.49. The predicted octanol–water partition coefficient (Wildman–Crippen LogP) is 2.81. The maximum Gasteiger partial charge on any atom is 0.490 e. The number of rotatable bonds is 8. The molecule has 1 aliphatic carbocycles. The van der Waals surface area contributed by atoms with Gasteiger partial charge in [-0.05, 0) is 43.7 Å². The van der Waals surface area contributed by atoms with E-state index in [9.17, 15) is 36.5 Å². The van der Waals surface area contributed by atoms with E-state index in [1.807, 2.05) is 0 Å². The first-order valence-corrected chi connectivity index (χ1v) is 14.0. The number of nitro groups is 1. The molecule has 4 rings (SSSR count). The Hall–Kier alpha value is -4.09. The Balaban J connectivity index is 0.000000616. The highest BCUT2D eigenvalue weighted by Gasteiger charge is 2.38. The number of benzene rings is 1. The Morgan fingerprint density at radius 3 is 2.43 bits per heavy atom. The van der Waals surface area contributed by atoms with E-state index in [2.05, 4.69) is 9.71 Å². The summed E-state index contributed by atoms with van der Waals surface area (Å²) in [4.78, 5) is 36.4. The molecular formula is C25H28F3N5O8S. The number of carboxylic acid groups (broad SMARTS) is 1. The zero-order valence-corrected chi connectivity index (χ0v) is 23.0. The summed E-state index contributed by atoms with van der Waals surface area (Å²) in [6, 6.07) is 9.18. The van der Waals surface area contributed by atoms with Crippen molar-refractivity contribution in [3.8, 4) is 5.75 Å². The lowest BCUT2D eigenvalue weighted by molar-refractivity contribution is -0.387. The second kappa shape index (κ2) is 13.3. The van der Waals surface area contributed by atoms with Gasteiger partial charge in [0.1, 0.15) is 5.75 Å². The Labute approximate surface area is 237 Å². The number of carboxylic acids is 1. The van der Waals surface area contributed by atoms with Gasteiger partial charge in [0, 0.05) is 36.8 Å². The molecule has 1 aliphatic rings. The minimum Gasteiger partial charge on any atom is -0.495 e. The lowest BCUT2D eigenvalue weighted by Gasteiger charge is -2.33. The van der Waals surface area contributed by atoms with E-state index in [0.29, 0.717) is 42.5 Å². The third-order valence-corrected chi connectivity index (χ3v) is 8.25. The third kappa shape index (κ3) is 8.01. The lowest BCUT2D eigenvalue weighted by atomic mass is 9.82. The van der Waals surface area contributed by atoms with Gasteiger partial charge in [0.25, 0.3) is 11.2 Å². The average molecular weight is 616 g/mol. The number of carbonyl (C=O) groups is 1. The smallest absolute Gasteiger partial charge is 0.490 e. The molecule has 228 valence electrons. The fraction of sp³-hybridized carbons (Fsp3) is 0.400. The molecule has 2 heterocycles. The van der Waals surface area contributed by atoms with Gasteiger partial charge < -0.3 is 20.1 Å². The van der Waals surface area contributed by atoms with Gasteiger partial charge in [-0.1, -0.05) is 12.1 Å². The van der Waals surface area contributed by atoms with Crippen LogP contribution in [0.1, 0.15) is 25.7 Å². The number of hydrogen-bond donors (Lipinski definition) is 3. The summed E-state index contributed by atoms with van der Waals surface area (Å²) in [5.41, 5.74) is 6.27. The molecule has 1 unspecified atom stereocenters. The van der Waals surface area contributed by atoms with Crippen LogP contribution in [0, 0.1) is 16.0 Å². The molecule has 2 aromatic heterocycles. The number of pyridine rings is 2. The number of aromatic nitrogens is 2. The highest BCUT2D eigenvalue weighted by molar-refractivity contribution is 7.89. The van der Waals surface area contributed by atoms with Crippen LogP contribution in [-0.2, 0) is 21.4 Å². The van der Waals surface area contributed by atoms with E-state index in [1.54, 1.807) is 12.1 Å². The molecule has 1 fully saturated rings. The van der Waals surface area contributed by atoms with Gasteiger partial charge >= 0.3 is 12.1 Å². The minimum absolute atomic E-state index is 0.0186. The van der Waals surface area contributed by atoms with Gasteiger partial charge in [0.2, 0.25) is 10.0 Å². The summed E-state index contributed by atoms with van der Waals surface area (Å²) in [7, 11) is -2.79. The van der Waals surface area contributed by atoms with Crippen LogP contribution < -0.4 is 20.8 Å². The predicted molar refractivity (Wildman–Crippen MR) is 143 cm³/mol. The lowest BCUT2D eigenvalue weighted by Crippen LogP contribution is -2.46. The molecule has 1 saturated carbocycles. The fourth-order valence-electron chi connectivity index (χ4n) is 4.57. The maximum absolute atomic E-state index is 13.4. The van der Waals surface area contributed by atoms with Crippen LogP contribution in [0.4, 0.5) is 18.9 Å². The quantitative estimate of drug-likeness (QED) is 0.250. The van der Waals surface area contributed by atoms with Crippen LogP contribution >= 0.6 is 0 Å². The van der Waals surface area contributed by atoms with Crippen LogP contribution in [0.15, 0.2) is 58.4 Å². The van der Waals surface area contributed by atoms with Crippen molar-refractivity contribution >= 4 is 32.7 Å². The first kappa shape index (κ1) is 32.4. The highest BCUT2D eigenvalue weighted by atomic mass is 32.2. The number of sulfonamides is 1. The van der Waals surface area contributed by atoms with Gasteiger partial charge in [-0.3, -0.25) is 19.9 Å². The normalized spacial score (nSPS) is 18.0. The van der Waals surface area contributed by atoms with Gasteiger partial charge in [-0.15, -0.1) is 0 Å². The number of para-hydroxylation sites is 1. The largest absolute Gasteiger partial charge is 0.495 e. The van der Waals surface area contributed by atoms with Crippen LogP contribution in [0.5, 0.6) is 5.75 Å². The number of alkyl halides is 3. The fourth-order valence-corrected chi connectivity index (χ4v) is 6.04. The van der Waals surface area contributed by atoms with Crippen LogP contribution in [0.25, 0.3) is 11.0 Å². The number of nitro benzene ring substituents is 1. The van der Waals surface area contributed by atoms with Gasteiger partial charge in [-0.25, -0.2) is 17.9 Å². The third-order valence-electron chi connectivity index (χ3n) is 6.71. The molecule has 0 aliphatic heterocycles. The van der Waals surface area contributed by atoms with Crippen molar-refractivity contribution in [1.82, 2.24) is 14.3 Å². The molecule has 4 N–H and O–H groups in total. The maximum atomic E-state index is 13.4. The first-order chi connectivity index (χ1) is 19.6. The molecule has 42 heavy (non-hydrogen) atoms. The van der Waals surface area contributed by atoms with Crippen molar-refractivity contribution in [2.24, 2.45) is 11.7 Å². The summed E-state index contributed by atoms with van der Waals surface area (Å²) in [6.45, 7) is 0.0186. The van der Waals surface area contributed by atoms with E-state index in [-0.39, 0.29) is 24.1 Å². The second-order valence-corrected chi connectivity index (χ2v) is 11.2. The summed E-state index contributed by atoms with van der Waals surface area (Å²) in [6.07, 6.45) is -0.796. The Bertz CT molecular complexity index is 1610. The number of halogens is 3. The molecule has 0 radical (unpaired) electrons. The number of nitrogens with one attached hydrogen (secondary N) is 1. The number of fused-ring (bicyclic) bond motifs is 1. The van der Waals surface area contributed by atoms with E-state index in [0.717, 1.165) is 6.07 Å². The van der Waals surface area contributed by atoms with Gasteiger partial charge in [0.15, 0.2) is 4.90 Å². The molecule has 0 saturated heterocycles. The molecule has 0 amide bonds. The molecular weight excluding hydrogens is 587 g/mol. The molecule has 13 nitrogen and oxygen atoms in total. The summed E-state index contributed by atoms with van der Waals surface area (Å²) in [5.74, 6) is -2.42. The van der Waals surface area contributed by atoms with Gasteiger partial charge in [-0.2, -0.15) is 13.2 Å². The van der Waals surface area contributed by atoms with Crippen molar-refractivity contribution in [3.63, 3.8) is 0 Å². The summed E-state index contributed by atoms with van der Waals surface area (Å²) in [5, 5.41) is 18.6. The molecule has 1 atom stereocenters. The number of hydrogen-bond acceptors (Lipinski definition) is 9. The average Bonchev–Trinajstić information content (AvgIpc) is 2.94. The SMILES string of the molecule is COc1cnc2ccc(=O)n(CC(NS(=O)(=O)c3ccccc3[N+](=O)[O-])[C@H]3CC[C@H](N)CC3)c2c1.O=C(O)C(F)(F)F. The zero-order valence-electron chi connectivity index (χ0n) is 22.2. The van der Waals surface area contributed by atoms with Gasteiger partial charge in [0.05, 0.1) is 29.3 Å². The number of ether oxygens (including phenoxy) is 1. The topological polar surface area (TPSA) is 197 Å². The van der Waals surface area contributed by atoms with E-state index in [1.165, 1.54) is 42.1 Å². The Morgan fingerprint density at radius 1 is 1.24 bits per heavy atom. The van der Waals surface area contributed by atoms with Crippen LogP contribution in [-0.4, -0.2) is 59.3 Å². The summed E-state index contributed by atoms with van der Waals surface area (Å²) < 4.78 is 67.8. The Kier molecular flexibility index (Phi) is 10.2. The first-order valence-electron chi connectivity index (χ1n) is 12.5. The van der Waals surface area contributed by atoms with Crippen molar-refractivity contribution in [3.05, 3.63) is 69.1 Å². The number of methoxy groups -OCH3 is 1. The molecule has 1 aromatic carbocycles. The van der Waals surface area contributed by atoms with Crippen molar-refractivity contribution in [1.29, 1.82) is 0 Å².